The Balaban J connectivity index is 1.84. The summed E-state index contributed by atoms with van der Waals surface area (Å²) < 4.78 is 44.2. The lowest BCUT2D eigenvalue weighted by Gasteiger charge is -2.15. The summed E-state index contributed by atoms with van der Waals surface area (Å²) in [6.07, 6.45) is 3.23. The van der Waals surface area contributed by atoms with Gasteiger partial charge in [-0.3, -0.25) is 0 Å². The highest BCUT2D eigenvalue weighted by atomic mass is 19.2. The Bertz CT molecular complexity index is 447. The van der Waals surface area contributed by atoms with Crippen LogP contribution in [-0.2, 0) is 11.3 Å². The maximum Gasteiger partial charge on any atom is 0.161 e. The Morgan fingerprint density at radius 1 is 1.16 bits per heavy atom. The van der Waals surface area contributed by atoms with E-state index in [1.54, 1.807) is 7.11 Å². The van der Waals surface area contributed by atoms with E-state index >= 15 is 0 Å². The average Bonchev–Trinajstić information content (AvgIpc) is 3.14. The van der Waals surface area contributed by atoms with Gasteiger partial charge in [-0.2, -0.15) is 0 Å². The van der Waals surface area contributed by atoms with Crippen LogP contribution in [0.1, 0.15) is 24.8 Å². The van der Waals surface area contributed by atoms with E-state index < -0.39 is 17.5 Å². The molecule has 1 aliphatic carbocycles. The summed E-state index contributed by atoms with van der Waals surface area (Å²) in [7, 11) is 1.67. The molecule has 0 radical (unpaired) electrons. The van der Waals surface area contributed by atoms with Gasteiger partial charge in [-0.15, -0.1) is 0 Å². The van der Waals surface area contributed by atoms with Crippen molar-refractivity contribution in [3.8, 4) is 0 Å². The third-order valence-electron chi connectivity index (χ3n) is 3.70. The maximum atomic E-state index is 13.4. The van der Waals surface area contributed by atoms with Gasteiger partial charge in [0.05, 0.1) is 0 Å². The van der Waals surface area contributed by atoms with E-state index in [1.807, 2.05) is 0 Å². The molecule has 19 heavy (non-hydrogen) atoms. The monoisotopic (exact) mass is 273 g/mol. The second-order valence-corrected chi connectivity index (χ2v) is 5.20. The first-order valence-corrected chi connectivity index (χ1v) is 6.39. The third-order valence-corrected chi connectivity index (χ3v) is 3.70. The second kappa shape index (κ2) is 5.92. The van der Waals surface area contributed by atoms with Gasteiger partial charge in [0, 0.05) is 38.4 Å². The maximum absolute atomic E-state index is 13.4. The van der Waals surface area contributed by atoms with Crippen LogP contribution in [0.15, 0.2) is 12.1 Å². The van der Waals surface area contributed by atoms with Crippen molar-refractivity contribution in [2.45, 2.75) is 25.8 Å². The molecule has 1 aliphatic rings. The molecule has 1 N–H and O–H groups in total. The Kier molecular flexibility index (Phi) is 4.47. The first-order valence-electron chi connectivity index (χ1n) is 6.39. The molecule has 1 aromatic carbocycles. The predicted octanol–water partition coefficient (Wildman–Crippen LogP) is 3.01. The molecule has 0 unspecified atom stereocenters. The van der Waals surface area contributed by atoms with Gasteiger partial charge < -0.3 is 10.1 Å². The molecule has 2 nitrogen and oxygen atoms in total. The van der Waals surface area contributed by atoms with E-state index in [0.717, 1.165) is 31.9 Å². The smallest absolute Gasteiger partial charge is 0.161 e. The highest BCUT2D eigenvalue weighted by molar-refractivity contribution is 5.20. The van der Waals surface area contributed by atoms with E-state index in [2.05, 4.69) is 5.32 Å². The molecular weight excluding hydrogens is 255 g/mol. The Morgan fingerprint density at radius 3 is 2.47 bits per heavy atom. The van der Waals surface area contributed by atoms with Crippen LogP contribution in [-0.4, -0.2) is 20.3 Å². The number of nitrogens with one attached hydrogen (secondary N) is 1. The first-order chi connectivity index (χ1) is 9.06. The van der Waals surface area contributed by atoms with Crippen LogP contribution >= 0.6 is 0 Å². The Labute approximate surface area is 111 Å². The zero-order valence-electron chi connectivity index (χ0n) is 10.9. The van der Waals surface area contributed by atoms with Gasteiger partial charge in [0.15, 0.2) is 11.6 Å². The summed E-state index contributed by atoms with van der Waals surface area (Å²) >= 11 is 0. The van der Waals surface area contributed by atoms with Crippen LogP contribution in [0.4, 0.5) is 13.2 Å². The van der Waals surface area contributed by atoms with Crippen molar-refractivity contribution in [3.63, 3.8) is 0 Å². The van der Waals surface area contributed by atoms with E-state index in [9.17, 15) is 13.2 Å². The van der Waals surface area contributed by atoms with Gasteiger partial charge in [-0.25, -0.2) is 13.2 Å². The number of hydrogen-bond acceptors (Lipinski definition) is 2. The van der Waals surface area contributed by atoms with Crippen LogP contribution < -0.4 is 5.32 Å². The summed E-state index contributed by atoms with van der Waals surface area (Å²) in [5.41, 5.74) is 0.395. The lowest BCUT2D eigenvalue weighted by Crippen LogP contribution is -2.25. The molecule has 0 saturated heterocycles. The van der Waals surface area contributed by atoms with Gasteiger partial charge in [0.1, 0.15) is 5.82 Å². The molecule has 0 spiro atoms. The van der Waals surface area contributed by atoms with Crippen molar-refractivity contribution < 1.29 is 17.9 Å². The normalized spacial score (nSPS) is 16.6. The fourth-order valence-corrected chi connectivity index (χ4v) is 2.17. The average molecular weight is 273 g/mol. The van der Waals surface area contributed by atoms with Crippen molar-refractivity contribution in [1.29, 1.82) is 0 Å². The second-order valence-electron chi connectivity index (χ2n) is 5.20. The number of hydrogen-bond donors (Lipinski definition) is 1. The minimum atomic E-state index is -1.15. The predicted molar refractivity (Wildman–Crippen MR) is 66.2 cm³/mol. The number of ether oxygens (including phenoxy) is 1. The number of methoxy groups -OCH3 is 1. The van der Waals surface area contributed by atoms with E-state index in [4.69, 9.17) is 4.74 Å². The van der Waals surface area contributed by atoms with Crippen LogP contribution in [0.25, 0.3) is 0 Å². The number of halogens is 3. The van der Waals surface area contributed by atoms with Gasteiger partial charge in [-0.05, 0) is 30.7 Å². The summed E-state index contributed by atoms with van der Waals surface area (Å²) in [4.78, 5) is 0. The minimum absolute atomic E-state index is 0.154. The Morgan fingerprint density at radius 2 is 1.84 bits per heavy atom. The summed E-state index contributed by atoms with van der Waals surface area (Å²) in [5, 5.41) is 3.12. The standard InChI is InChI=1S/C14H18F3NO/c1-19-5-4-14(2-3-14)9-18-8-10-6-12(16)13(17)7-11(10)15/h6-7,18H,2-5,8-9H2,1H3. The summed E-state index contributed by atoms with van der Waals surface area (Å²) in [6, 6.07) is 1.50. The molecule has 0 heterocycles. The molecule has 106 valence electrons. The quantitative estimate of drug-likeness (QED) is 0.771. The van der Waals surface area contributed by atoms with Crippen LogP contribution in [0.3, 0.4) is 0 Å². The third kappa shape index (κ3) is 3.70. The summed E-state index contributed by atoms with van der Waals surface area (Å²) in [5.74, 6) is -2.88. The number of rotatable bonds is 7. The van der Waals surface area contributed by atoms with Gasteiger partial charge in [0.2, 0.25) is 0 Å². The van der Waals surface area contributed by atoms with Crippen molar-refractivity contribution in [2.75, 3.05) is 20.3 Å². The van der Waals surface area contributed by atoms with Crippen LogP contribution in [0, 0.1) is 22.9 Å². The molecule has 1 saturated carbocycles. The molecule has 0 aliphatic heterocycles. The van der Waals surface area contributed by atoms with Crippen molar-refractivity contribution in [2.24, 2.45) is 5.41 Å². The molecule has 0 amide bonds. The minimum Gasteiger partial charge on any atom is -0.385 e. The molecule has 0 aromatic heterocycles. The molecule has 1 aromatic rings. The van der Waals surface area contributed by atoms with Crippen molar-refractivity contribution in [3.05, 3.63) is 35.1 Å². The SMILES string of the molecule is COCCC1(CNCc2cc(F)c(F)cc2F)CC1. The fourth-order valence-electron chi connectivity index (χ4n) is 2.17. The molecule has 1 fully saturated rings. The molecule has 5 heteroatoms. The lowest BCUT2D eigenvalue weighted by molar-refractivity contribution is 0.171. The van der Waals surface area contributed by atoms with Gasteiger partial charge >= 0.3 is 0 Å². The topological polar surface area (TPSA) is 21.3 Å². The largest absolute Gasteiger partial charge is 0.385 e. The number of benzene rings is 1. The first kappa shape index (κ1) is 14.3. The van der Waals surface area contributed by atoms with Crippen molar-refractivity contribution in [1.82, 2.24) is 5.32 Å². The van der Waals surface area contributed by atoms with E-state index in [-0.39, 0.29) is 17.5 Å². The molecule has 0 bridgehead atoms. The fraction of sp³-hybridized carbons (Fsp3) is 0.571. The zero-order chi connectivity index (χ0) is 13.9. The van der Waals surface area contributed by atoms with Gasteiger partial charge in [0.25, 0.3) is 0 Å². The zero-order valence-corrected chi connectivity index (χ0v) is 10.9. The van der Waals surface area contributed by atoms with E-state index in [0.29, 0.717) is 12.7 Å². The van der Waals surface area contributed by atoms with Crippen LogP contribution in [0.2, 0.25) is 0 Å². The molecule has 0 atom stereocenters. The lowest BCUT2D eigenvalue weighted by atomic mass is 10.0. The van der Waals surface area contributed by atoms with Crippen molar-refractivity contribution >= 4 is 0 Å². The van der Waals surface area contributed by atoms with Crippen LogP contribution in [0.5, 0.6) is 0 Å². The summed E-state index contributed by atoms with van der Waals surface area (Å²) in [6.45, 7) is 1.66. The highest BCUT2D eigenvalue weighted by Crippen LogP contribution is 2.48. The van der Waals surface area contributed by atoms with E-state index in [1.165, 1.54) is 0 Å². The Hall–Kier alpha value is -1.07. The van der Waals surface area contributed by atoms with Gasteiger partial charge in [-0.1, -0.05) is 0 Å². The molecule has 2 rings (SSSR count). The molecular formula is C14H18F3NO. The highest BCUT2D eigenvalue weighted by Gasteiger charge is 2.41.